The zero-order chi connectivity index (χ0) is 15.1. The zero-order valence-electron chi connectivity index (χ0n) is 13.2. The van der Waals surface area contributed by atoms with Crippen molar-refractivity contribution in [3.8, 4) is 17.0 Å². The van der Waals surface area contributed by atoms with Gasteiger partial charge in [0.1, 0.15) is 5.69 Å². The molecule has 0 bridgehead atoms. The fourth-order valence-corrected chi connectivity index (χ4v) is 2.36. The van der Waals surface area contributed by atoms with E-state index in [-0.39, 0.29) is 11.0 Å². The van der Waals surface area contributed by atoms with Crippen LogP contribution >= 0.6 is 0 Å². The fraction of sp³-hybridized carbons (Fsp3) is 0.471. The Morgan fingerprint density at radius 3 is 1.90 bits per heavy atom. The second kappa shape index (κ2) is 4.65. The van der Waals surface area contributed by atoms with Crippen LogP contribution in [0.4, 0.5) is 0 Å². The lowest BCUT2D eigenvalue weighted by Gasteiger charge is -2.28. The van der Waals surface area contributed by atoms with Gasteiger partial charge in [-0.05, 0) is 20.8 Å². The van der Waals surface area contributed by atoms with Crippen LogP contribution in [0.1, 0.15) is 47.2 Å². The highest BCUT2D eigenvalue weighted by Gasteiger charge is 2.32. The summed E-state index contributed by atoms with van der Waals surface area (Å²) in [5.41, 5.74) is 2.14. The highest BCUT2D eigenvalue weighted by Crippen LogP contribution is 2.40. The number of nitrogens with zero attached hydrogens (tertiary/aromatic N) is 2. The van der Waals surface area contributed by atoms with Crippen LogP contribution in [0.25, 0.3) is 11.3 Å². The molecule has 3 nitrogen and oxygen atoms in total. The summed E-state index contributed by atoms with van der Waals surface area (Å²) in [5.74, 6) is 0.290. The zero-order valence-corrected chi connectivity index (χ0v) is 13.2. The molecule has 1 aromatic heterocycles. The minimum atomic E-state index is -0.173. The first kappa shape index (κ1) is 14.6. The SMILES string of the molecule is CC(C)(C)c1c(O)c(-c2ccccc2)nn1C(C)(C)C. The molecule has 0 spiro atoms. The molecule has 1 N–H and O–H groups in total. The Morgan fingerprint density at radius 2 is 1.50 bits per heavy atom. The van der Waals surface area contributed by atoms with Crippen molar-refractivity contribution in [2.75, 3.05) is 0 Å². The van der Waals surface area contributed by atoms with Gasteiger partial charge in [-0.2, -0.15) is 5.10 Å². The van der Waals surface area contributed by atoms with E-state index in [0.29, 0.717) is 11.4 Å². The Morgan fingerprint density at radius 1 is 0.950 bits per heavy atom. The number of aromatic hydroxyl groups is 1. The van der Waals surface area contributed by atoms with Gasteiger partial charge in [0, 0.05) is 11.0 Å². The average molecular weight is 272 g/mol. The molecule has 0 aliphatic heterocycles. The molecule has 2 aromatic rings. The lowest BCUT2D eigenvalue weighted by molar-refractivity contribution is 0.315. The summed E-state index contributed by atoms with van der Waals surface area (Å²) in [6.07, 6.45) is 0. The van der Waals surface area contributed by atoms with E-state index in [2.05, 4.69) is 46.6 Å². The predicted octanol–water partition coefficient (Wildman–Crippen LogP) is 4.31. The molecular formula is C17H24N2O. The summed E-state index contributed by atoms with van der Waals surface area (Å²) in [7, 11) is 0. The Labute approximate surface area is 121 Å². The van der Waals surface area contributed by atoms with Crippen molar-refractivity contribution in [1.29, 1.82) is 0 Å². The van der Waals surface area contributed by atoms with Crippen LogP contribution in [-0.4, -0.2) is 14.9 Å². The Kier molecular flexibility index (Phi) is 3.41. The summed E-state index contributed by atoms with van der Waals surface area (Å²) >= 11 is 0. The number of hydrogen-bond donors (Lipinski definition) is 1. The fourth-order valence-electron chi connectivity index (χ4n) is 2.36. The number of benzene rings is 1. The first-order chi connectivity index (χ1) is 9.12. The molecule has 0 saturated carbocycles. The van der Waals surface area contributed by atoms with Crippen molar-refractivity contribution in [3.63, 3.8) is 0 Å². The van der Waals surface area contributed by atoms with E-state index in [9.17, 15) is 5.11 Å². The highest BCUT2D eigenvalue weighted by molar-refractivity contribution is 5.67. The van der Waals surface area contributed by atoms with E-state index >= 15 is 0 Å². The maximum atomic E-state index is 10.7. The lowest BCUT2D eigenvalue weighted by Crippen LogP contribution is -2.30. The number of rotatable bonds is 1. The maximum absolute atomic E-state index is 10.7. The largest absolute Gasteiger partial charge is 0.504 e. The van der Waals surface area contributed by atoms with Gasteiger partial charge >= 0.3 is 0 Å². The molecule has 20 heavy (non-hydrogen) atoms. The van der Waals surface area contributed by atoms with Crippen molar-refractivity contribution < 1.29 is 5.11 Å². The standard InChI is InChI=1S/C17H24N2O/c1-16(2,3)15-14(20)13(12-10-8-7-9-11-12)18-19(15)17(4,5)6/h7-11,20H,1-6H3. The topological polar surface area (TPSA) is 38.1 Å². The Balaban J connectivity index is 2.72. The molecule has 0 aliphatic carbocycles. The van der Waals surface area contributed by atoms with Gasteiger partial charge in [0.15, 0.2) is 5.75 Å². The number of hydrogen-bond acceptors (Lipinski definition) is 2. The molecule has 1 heterocycles. The minimum absolute atomic E-state index is 0.169. The quantitative estimate of drug-likeness (QED) is 0.840. The third kappa shape index (κ3) is 2.58. The van der Waals surface area contributed by atoms with E-state index in [0.717, 1.165) is 11.3 Å². The third-order valence-corrected chi connectivity index (χ3v) is 3.25. The highest BCUT2D eigenvalue weighted by atomic mass is 16.3. The predicted molar refractivity (Wildman–Crippen MR) is 83.0 cm³/mol. The van der Waals surface area contributed by atoms with Crippen LogP contribution < -0.4 is 0 Å². The summed E-state index contributed by atoms with van der Waals surface area (Å²) in [6.45, 7) is 12.6. The normalized spacial score (nSPS) is 12.7. The molecule has 0 fully saturated rings. The molecule has 1 aromatic carbocycles. The molecule has 0 atom stereocenters. The maximum Gasteiger partial charge on any atom is 0.165 e. The summed E-state index contributed by atoms with van der Waals surface area (Å²) in [6, 6.07) is 9.83. The number of aromatic nitrogens is 2. The van der Waals surface area contributed by atoms with Gasteiger partial charge < -0.3 is 5.11 Å². The molecule has 0 amide bonds. The van der Waals surface area contributed by atoms with Crippen molar-refractivity contribution in [1.82, 2.24) is 9.78 Å². The van der Waals surface area contributed by atoms with Gasteiger partial charge in [0.2, 0.25) is 0 Å². The molecule has 2 rings (SSSR count). The van der Waals surface area contributed by atoms with Crippen molar-refractivity contribution >= 4 is 0 Å². The molecule has 0 unspecified atom stereocenters. The lowest BCUT2D eigenvalue weighted by atomic mass is 9.89. The summed E-state index contributed by atoms with van der Waals surface area (Å²) < 4.78 is 1.95. The molecular weight excluding hydrogens is 248 g/mol. The van der Waals surface area contributed by atoms with E-state index in [4.69, 9.17) is 0 Å². The molecule has 108 valence electrons. The van der Waals surface area contributed by atoms with Crippen LogP contribution in [0.15, 0.2) is 30.3 Å². The first-order valence-corrected chi connectivity index (χ1v) is 7.01. The minimum Gasteiger partial charge on any atom is -0.504 e. The van der Waals surface area contributed by atoms with Crippen LogP contribution in [0.3, 0.4) is 0 Å². The molecule has 0 aliphatic rings. The molecule has 0 radical (unpaired) electrons. The van der Waals surface area contributed by atoms with Crippen LogP contribution in [0, 0.1) is 0 Å². The van der Waals surface area contributed by atoms with E-state index in [1.54, 1.807) is 0 Å². The average Bonchev–Trinajstić information content (AvgIpc) is 2.67. The van der Waals surface area contributed by atoms with Gasteiger partial charge in [-0.3, -0.25) is 4.68 Å². The van der Waals surface area contributed by atoms with E-state index in [1.807, 2.05) is 35.0 Å². The third-order valence-electron chi connectivity index (χ3n) is 3.25. The smallest absolute Gasteiger partial charge is 0.165 e. The van der Waals surface area contributed by atoms with Crippen LogP contribution in [0.5, 0.6) is 5.75 Å². The van der Waals surface area contributed by atoms with E-state index in [1.165, 1.54) is 0 Å². The van der Waals surface area contributed by atoms with Crippen molar-refractivity contribution in [2.45, 2.75) is 52.5 Å². The molecule has 0 saturated heterocycles. The summed E-state index contributed by atoms with van der Waals surface area (Å²) in [5, 5.41) is 15.4. The first-order valence-electron chi connectivity index (χ1n) is 7.01. The Hall–Kier alpha value is -1.77. The van der Waals surface area contributed by atoms with Gasteiger partial charge in [-0.1, -0.05) is 51.1 Å². The Bertz CT molecular complexity index is 598. The van der Waals surface area contributed by atoms with Gasteiger partial charge in [-0.15, -0.1) is 0 Å². The van der Waals surface area contributed by atoms with Gasteiger partial charge in [0.05, 0.1) is 11.2 Å². The van der Waals surface area contributed by atoms with Gasteiger partial charge in [-0.25, -0.2) is 0 Å². The monoisotopic (exact) mass is 272 g/mol. The van der Waals surface area contributed by atoms with Crippen molar-refractivity contribution in [3.05, 3.63) is 36.0 Å². The van der Waals surface area contributed by atoms with Gasteiger partial charge in [0.25, 0.3) is 0 Å². The second-order valence-electron chi connectivity index (χ2n) is 7.24. The van der Waals surface area contributed by atoms with E-state index < -0.39 is 0 Å². The van der Waals surface area contributed by atoms with Crippen molar-refractivity contribution in [2.24, 2.45) is 0 Å². The molecule has 3 heteroatoms. The summed E-state index contributed by atoms with van der Waals surface area (Å²) in [4.78, 5) is 0. The second-order valence-corrected chi connectivity index (χ2v) is 7.24. The van der Waals surface area contributed by atoms with Crippen LogP contribution in [-0.2, 0) is 11.0 Å². The van der Waals surface area contributed by atoms with Crippen LogP contribution in [0.2, 0.25) is 0 Å².